The topological polar surface area (TPSA) is 42.2 Å². The van der Waals surface area contributed by atoms with Crippen LogP contribution in [-0.2, 0) is 12.7 Å². The van der Waals surface area contributed by atoms with Crippen molar-refractivity contribution >= 4 is 17.6 Å². The molecule has 7 heteroatoms. The van der Waals surface area contributed by atoms with Crippen LogP contribution in [0.15, 0.2) is 24.3 Å². The normalized spacial score (nSPS) is 14.8. The van der Waals surface area contributed by atoms with Crippen molar-refractivity contribution in [3.05, 3.63) is 46.1 Å². The second-order valence-electron chi connectivity index (χ2n) is 6.41. The Bertz CT molecular complexity index is 822. The lowest BCUT2D eigenvalue weighted by Gasteiger charge is -2.15. The highest BCUT2D eigenvalue weighted by Gasteiger charge is 2.32. The van der Waals surface area contributed by atoms with Gasteiger partial charge in [0.1, 0.15) is 0 Å². The zero-order valence-electron chi connectivity index (χ0n) is 13.5. The summed E-state index contributed by atoms with van der Waals surface area (Å²) in [5.74, 6) is -0.494. The van der Waals surface area contributed by atoms with Crippen LogP contribution in [0.4, 0.5) is 13.2 Å². The van der Waals surface area contributed by atoms with Crippen LogP contribution in [0, 0.1) is 12.8 Å². The lowest BCUT2D eigenvalue weighted by atomic mass is 10.1. The Balaban J connectivity index is 2.11. The van der Waals surface area contributed by atoms with Crippen LogP contribution in [0.25, 0.3) is 11.3 Å². The van der Waals surface area contributed by atoms with Gasteiger partial charge in [0.25, 0.3) is 0 Å². The highest BCUT2D eigenvalue weighted by atomic mass is 35.5. The number of halogens is 4. The molecule has 0 spiro atoms. The molecule has 3 rings (SSSR count). The van der Waals surface area contributed by atoms with Gasteiger partial charge in [0.15, 0.2) is 0 Å². The van der Waals surface area contributed by atoms with Crippen LogP contribution in [0.2, 0.25) is 5.02 Å². The van der Waals surface area contributed by atoms with Crippen molar-refractivity contribution in [2.45, 2.75) is 38.9 Å². The third-order valence-corrected chi connectivity index (χ3v) is 4.95. The van der Waals surface area contributed by atoms with Gasteiger partial charge in [-0.3, -0.25) is 0 Å². The average Bonchev–Trinajstić information content (AvgIpc) is 3.28. The molecule has 1 N–H and O–H groups in total. The SMILES string of the molecule is Cc1c(C(=O)O)cc(-c2cc(C(F)(F)F)ccc2Cl)n1CCC1CC1. The first-order chi connectivity index (χ1) is 11.7. The number of benzene rings is 1. The molecule has 3 nitrogen and oxygen atoms in total. The summed E-state index contributed by atoms with van der Waals surface area (Å²) in [6, 6.07) is 4.52. The van der Waals surface area contributed by atoms with Crippen LogP contribution >= 0.6 is 11.6 Å². The largest absolute Gasteiger partial charge is 0.478 e. The second kappa shape index (κ2) is 6.41. The molecule has 0 bridgehead atoms. The minimum Gasteiger partial charge on any atom is -0.478 e. The van der Waals surface area contributed by atoms with E-state index in [1.165, 1.54) is 12.1 Å². The van der Waals surface area contributed by atoms with Gasteiger partial charge in [0, 0.05) is 22.8 Å². The van der Waals surface area contributed by atoms with Gasteiger partial charge in [-0.2, -0.15) is 13.2 Å². The standard InChI is InChI=1S/C18H17ClF3NO2/c1-10-13(17(24)25)9-16(23(10)7-6-11-2-3-11)14-8-12(18(20,21)22)4-5-15(14)19/h4-5,8-9,11H,2-3,6-7H2,1H3,(H,24,25). The van der Waals surface area contributed by atoms with Crippen molar-refractivity contribution in [3.63, 3.8) is 0 Å². The molecule has 1 aliphatic carbocycles. The van der Waals surface area contributed by atoms with Gasteiger partial charge < -0.3 is 9.67 Å². The molecule has 0 atom stereocenters. The van der Waals surface area contributed by atoms with E-state index >= 15 is 0 Å². The minimum absolute atomic E-state index is 0.0827. The summed E-state index contributed by atoms with van der Waals surface area (Å²) in [7, 11) is 0. The summed E-state index contributed by atoms with van der Waals surface area (Å²) >= 11 is 6.14. The van der Waals surface area contributed by atoms with E-state index < -0.39 is 17.7 Å². The average molecular weight is 372 g/mol. The number of nitrogens with zero attached hydrogens (tertiary/aromatic N) is 1. The maximum Gasteiger partial charge on any atom is 0.416 e. The molecular formula is C18H17ClF3NO2. The zero-order chi connectivity index (χ0) is 18.4. The molecule has 1 heterocycles. The molecule has 1 aliphatic rings. The maximum atomic E-state index is 13.0. The van der Waals surface area contributed by atoms with E-state index in [0.717, 1.165) is 31.4 Å². The van der Waals surface area contributed by atoms with Crippen molar-refractivity contribution in [1.82, 2.24) is 4.57 Å². The first kappa shape index (κ1) is 17.9. The minimum atomic E-state index is -4.49. The summed E-state index contributed by atoms with van der Waals surface area (Å²) in [6.07, 6.45) is -1.33. The molecule has 2 aromatic rings. The third kappa shape index (κ3) is 3.68. The summed E-state index contributed by atoms with van der Waals surface area (Å²) in [5.41, 5.74) is 0.404. The molecule has 1 aromatic heterocycles. The molecule has 0 amide bonds. The number of carboxylic acids is 1. The first-order valence-corrected chi connectivity index (χ1v) is 8.37. The molecule has 134 valence electrons. The molecule has 0 aliphatic heterocycles. The van der Waals surface area contributed by atoms with Gasteiger partial charge in [-0.05, 0) is 43.5 Å². The number of carbonyl (C=O) groups is 1. The van der Waals surface area contributed by atoms with E-state index in [1.807, 2.05) is 0 Å². The number of alkyl halides is 3. The highest BCUT2D eigenvalue weighted by molar-refractivity contribution is 6.33. The lowest BCUT2D eigenvalue weighted by Crippen LogP contribution is -2.07. The quantitative estimate of drug-likeness (QED) is 0.739. The van der Waals surface area contributed by atoms with E-state index in [9.17, 15) is 23.1 Å². The van der Waals surface area contributed by atoms with Crippen LogP contribution in [0.5, 0.6) is 0 Å². The van der Waals surface area contributed by atoms with Gasteiger partial charge in [-0.25, -0.2) is 4.79 Å². The number of hydrogen-bond acceptors (Lipinski definition) is 1. The van der Waals surface area contributed by atoms with Crippen molar-refractivity contribution < 1.29 is 23.1 Å². The summed E-state index contributed by atoms with van der Waals surface area (Å²) in [5, 5.41) is 9.53. The lowest BCUT2D eigenvalue weighted by molar-refractivity contribution is -0.137. The fraction of sp³-hybridized carbons (Fsp3) is 0.389. The first-order valence-electron chi connectivity index (χ1n) is 7.99. The maximum absolute atomic E-state index is 13.0. The molecule has 1 fully saturated rings. The van der Waals surface area contributed by atoms with E-state index in [4.69, 9.17) is 11.6 Å². The van der Waals surface area contributed by atoms with Crippen molar-refractivity contribution in [2.75, 3.05) is 0 Å². The zero-order valence-corrected chi connectivity index (χ0v) is 14.3. The van der Waals surface area contributed by atoms with Crippen LogP contribution in [0.1, 0.15) is 40.9 Å². The molecule has 25 heavy (non-hydrogen) atoms. The Kier molecular flexibility index (Phi) is 4.58. The van der Waals surface area contributed by atoms with Crippen LogP contribution < -0.4 is 0 Å². The summed E-state index contributed by atoms with van der Waals surface area (Å²) in [4.78, 5) is 11.5. The molecule has 0 saturated heterocycles. The number of hydrogen-bond donors (Lipinski definition) is 1. The van der Waals surface area contributed by atoms with Gasteiger partial charge in [-0.1, -0.05) is 24.4 Å². The molecule has 1 saturated carbocycles. The van der Waals surface area contributed by atoms with E-state index in [0.29, 0.717) is 23.9 Å². The van der Waals surface area contributed by atoms with Crippen molar-refractivity contribution in [2.24, 2.45) is 5.92 Å². The number of aromatic nitrogens is 1. The fourth-order valence-corrected chi connectivity index (χ4v) is 3.20. The predicted octanol–water partition coefficient (Wildman–Crippen LogP) is 5.63. The summed E-state index contributed by atoms with van der Waals surface area (Å²) < 4.78 is 40.9. The Morgan fingerprint density at radius 3 is 2.56 bits per heavy atom. The third-order valence-electron chi connectivity index (χ3n) is 4.62. The highest BCUT2D eigenvalue weighted by Crippen LogP contribution is 2.38. The number of aromatic carboxylic acids is 1. The van der Waals surface area contributed by atoms with Crippen molar-refractivity contribution in [3.8, 4) is 11.3 Å². The molecular weight excluding hydrogens is 355 g/mol. The van der Waals surface area contributed by atoms with Crippen LogP contribution in [-0.4, -0.2) is 15.6 Å². The predicted molar refractivity (Wildman–Crippen MR) is 88.9 cm³/mol. The number of carboxylic acid groups (broad SMARTS) is 1. The summed E-state index contributed by atoms with van der Waals surface area (Å²) in [6.45, 7) is 2.23. The van der Waals surface area contributed by atoms with E-state index in [-0.39, 0.29) is 16.1 Å². The van der Waals surface area contributed by atoms with Gasteiger partial charge in [0.05, 0.1) is 16.8 Å². The van der Waals surface area contributed by atoms with Gasteiger partial charge >= 0.3 is 12.1 Å². The smallest absolute Gasteiger partial charge is 0.416 e. The molecule has 1 aromatic carbocycles. The Labute approximate surface area is 148 Å². The monoisotopic (exact) mass is 371 g/mol. The Morgan fingerprint density at radius 2 is 2.00 bits per heavy atom. The molecule has 0 unspecified atom stereocenters. The number of rotatable bonds is 5. The fourth-order valence-electron chi connectivity index (χ4n) is 2.99. The van der Waals surface area contributed by atoms with Gasteiger partial charge in [0.2, 0.25) is 0 Å². The van der Waals surface area contributed by atoms with E-state index in [2.05, 4.69) is 0 Å². The van der Waals surface area contributed by atoms with Gasteiger partial charge in [-0.15, -0.1) is 0 Å². The Morgan fingerprint density at radius 1 is 1.32 bits per heavy atom. The second-order valence-corrected chi connectivity index (χ2v) is 6.82. The Hall–Kier alpha value is -1.95. The molecule has 0 radical (unpaired) electrons. The van der Waals surface area contributed by atoms with E-state index in [1.54, 1.807) is 11.5 Å². The van der Waals surface area contributed by atoms with Crippen LogP contribution in [0.3, 0.4) is 0 Å². The van der Waals surface area contributed by atoms with Crippen molar-refractivity contribution in [1.29, 1.82) is 0 Å².